The summed E-state index contributed by atoms with van der Waals surface area (Å²) in [5, 5.41) is 0. The van der Waals surface area contributed by atoms with Crippen LogP contribution in [0.2, 0.25) is 0 Å². The van der Waals surface area contributed by atoms with Gasteiger partial charge >= 0.3 is 0 Å². The first-order valence-electron chi connectivity index (χ1n) is 9.91. The lowest BCUT2D eigenvalue weighted by atomic mass is 10.1. The minimum Gasteiger partial charge on any atom is -0.356 e. The average molecular weight is 347 g/mol. The first kappa shape index (κ1) is 19.2. The summed E-state index contributed by atoms with van der Waals surface area (Å²) >= 11 is 5.63. The van der Waals surface area contributed by atoms with Crippen LogP contribution in [0.15, 0.2) is 35.7 Å². The van der Waals surface area contributed by atoms with Crippen molar-refractivity contribution in [1.29, 1.82) is 0 Å². The molecule has 0 saturated carbocycles. The van der Waals surface area contributed by atoms with E-state index in [1.807, 2.05) is 0 Å². The first-order chi connectivity index (χ1) is 11.8. The Labute approximate surface area is 154 Å². The van der Waals surface area contributed by atoms with E-state index in [4.69, 9.17) is 12.2 Å². The van der Waals surface area contributed by atoms with E-state index in [0.717, 1.165) is 18.0 Å². The van der Waals surface area contributed by atoms with Crippen LogP contribution in [0.3, 0.4) is 0 Å². The molecule has 0 aromatic heterocycles. The predicted molar refractivity (Wildman–Crippen MR) is 109 cm³/mol. The van der Waals surface area contributed by atoms with Crippen molar-refractivity contribution >= 4 is 17.1 Å². The Morgan fingerprint density at radius 1 is 0.792 bits per heavy atom. The zero-order valence-electron chi connectivity index (χ0n) is 15.6. The maximum atomic E-state index is 5.63. The molecule has 0 atom stereocenters. The third kappa shape index (κ3) is 5.47. The molecule has 0 unspecified atom stereocenters. The fraction of sp³-hybridized carbons (Fsp3) is 0.667. The van der Waals surface area contributed by atoms with Gasteiger partial charge < -0.3 is 9.80 Å². The molecule has 1 saturated heterocycles. The van der Waals surface area contributed by atoms with Gasteiger partial charge in [0.05, 0.1) is 0 Å². The average Bonchev–Trinajstić information content (AvgIpc) is 2.99. The zero-order chi connectivity index (χ0) is 17.2. The minimum absolute atomic E-state index is 0.992. The fourth-order valence-corrected chi connectivity index (χ4v) is 3.78. The maximum Gasteiger partial charge on any atom is 0.113 e. The van der Waals surface area contributed by atoms with Crippen LogP contribution in [0.4, 0.5) is 0 Å². The van der Waals surface area contributed by atoms with Gasteiger partial charge in [-0.05, 0) is 25.0 Å². The largest absolute Gasteiger partial charge is 0.356 e. The van der Waals surface area contributed by atoms with Gasteiger partial charge in [-0.3, -0.25) is 0 Å². The third-order valence-electron chi connectivity index (χ3n) is 4.93. The summed E-state index contributed by atoms with van der Waals surface area (Å²) in [4.78, 5) is 6.16. The molecule has 0 amide bonds. The van der Waals surface area contributed by atoms with E-state index < -0.39 is 0 Å². The summed E-state index contributed by atoms with van der Waals surface area (Å²) in [6.07, 6.45) is 19.0. The molecule has 1 aliphatic carbocycles. The minimum atomic E-state index is 0.992. The van der Waals surface area contributed by atoms with Crippen LogP contribution in [0.25, 0.3) is 0 Å². The molecule has 0 aromatic rings. The van der Waals surface area contributed by atoms with Crippen LogP contribution in [0, 0.1) is 0 Å². The third-order valence-corrected chi connectivity index (χ3v) is 5.29. The van der Waals surface area contributed by atoms with Gasteiger partial charge in [-0.15, -0.1) is 0 Å². The molecule has 2 aliphatic rings. The number of hydrogen-bond donors (Lipinski definition) is 0. The van der Waals surface area contributed by atoms with Gasteiger partial charge in [-0.1, -0.05) is 76.7 Å². The molecule has 134 valence electrons. The molecule has 1 heterocycles. The van der Waals surface area contributed by atoms with E-state index in [0.29, 0.717) is 0 Å². The molecule has 24 heavy (non-hydrogen) atoms. The summed E-state index contributed by atoms with van der Waals surface area (Å²) in [6.45, 7) is 9.20. The summed E-state index contributed by atoms with van der Waals surface area (Å²) in [5.74, 6) is 1.40. The molecule has 1 fully saturated rings. The Kier molecular flexibility index (Phi) is 8.58. The molecule has 0 bridgehead atoms. The smallest absolute Gasteiger partial charge is 0.113 e. The molecule has 0 aromatic carbocycles. The van der Waals surface area contributed by atoms with E-state index in [1.165, 1.54) is 75.9 Å². The molecule has 0 N–H and O–H groups in total. The molecule has 1 aliphatic heterocycles. The Hall–Kier alpha value is -1.09. The number of allylic oxidation sites excluding steroid dienone is 5. The topological polar surface area (TPSA) is 6.48 Å². The first-order valence-corrected chi connectivity index (χ1v) is 10.3. The highest BCUT2D eigenvalue weighted by molar-refractivity contribution is 7.81. The van der Waals surface area contributed by atoms with E-state index in [9.17, 15) is 0 Å². The van der Waals surface area contributed by atoms with Crippen LogP contribution in [-0.2, 0) is 0 Å². The van der Waals surface area contributed by atoms with Crippen LogP contribution < -0.4 is 0 Å². The zero-order valence-corrected chi connectivity index (χ0v) is 16.4. The van der Waals surface area contributed by atoms with E-state index in [2.05, 4.69) is 48.0 Å². The number of thiocarbonyl (C=S) groups is 1. The lowest BCUT2D eigenvalue weighted by Crippen LogP contribution is -2.28. The van der Waals surface area contributed by atoms with Crippen LogP contribution in [0.5, 0.6) is 0 Å². The second-order valence-corrected chi connectivity index (χ2v) is 7.36. The predicted octanol–water partition coefficient (Wildman–Crippen LogP) is 5.47. The second kappa shape index (κ2) is 10.7. The van der Waals surface area contributed by atoms with Crippen molar-refractivity contribution in [3.8, 4) is 0 Å². The van der Waals surface area contributed by atoms with Crippen molar-refractivity contribution in [3.05, 3.63) is 35.7 Å². The van der Waals surface area contributed by atoms with Crippen LogP contribution >= 0.6 is 12.2 Å². The van der Waals surface area contributed by atoms with Crippen molar-refractivity contribution in [2.24, 2.45) is 0 Å². The van der Waals surface area contributed by atoms with Crippen molar-refractivity contribution in [2.75, 3.05) is 26.2 Å². The molecule has 2 rings (SSSR count). The van der Waals surface area contributed by atoms with Crippen molar-refractivity contribution in [1.82, 2.24) is 9.80 Å². The van der Waals surface area contributed by atoms with Gasteiger partial charge in [0.1, 0.15) is 5.82 Å². The van der Waals surface area contributed by atoms with E-state index >= 15 is 0 Å². The van der Waals surface area contributed by atoms with Crippen LogP contribution in [0.1, 0.15) is 65.2 Å². The van der Waals surface area contributed by atoms with Crippen LogP contribution in [-0.4, -0.2) is 40.8 Å². The second-order valence-electron chi connectivity index (χ2n) is 6.92. The van der Waals surface area contributed by atoms with Gasteiger partial charge in [-0.2, -0.15) is 0 Å². The number of unbranched alkanes of at least 4 members (excludes halogenated alkanes) is 6. The molecular weight excluding hydrogens is 312 g/mol. The standard InChI is InChI=1S/C21H34N2S/c1-3-5-7-11-15-22-17-18-23(16-12-8-6-4-2)21(22)19-13-9-10-14-20(19)24/h9-10,13-14H,3-8,11-12,15-18H2,1-2H3. The molecule has 0 spiro atoms. The monoisotopic (exact) mass is 346 g/mol. The highest BCUT2D eigenvalue weighted by Crippen LogP contribution is 2.27. The summed E-state index contributed by atoms with van der Waals surface area (Å²) < 4.78 is 0. The summed E-state index contributed by atoms with van der Waals surface area (Å²) in [5.41, 5.74) is 1.26. The number of rotatable bonds is 10. The normalized spacial score (nSPS) is 17.5. The Bertz CT molecular complexity index is 468. The van der Waals surface area contributed by atoms with Crippen molar-refractivity contribution < 1.29 is 0 Å². The summed E-state index contributed by atoms with van der Waals surface area (Å²) in [6, 6.07) is 0. The van der Waals surface area contributed by atoms with Gasteiger partial charge in [0.15, 0.2) is 0 Å². The molecule has 2 nitrogen and oxygen atoms in total. The van der Waals surface area contributed by atoms with Gasteiger partial charge in [0.25, 0.3) is 0 Å². The highest BCUT2D eigenvalue weighted by Gasteiger charge is 2.27. The van der Waals surface area contributed by atoms with E-state index in [1.54, 1.807) is 0 Å². The van der Waals surface area contributed by atoms with Crippen molar-refractivity contribution in [3.63, 3.8) is 0 Å². The molecule has 3 heteroatoms. The highest BCUT2D eigenvalue weighted by atomic mass is 32.1. The molecular formula is C21H34N2S. The Morgan fingerprint density at radius 3 is 1.83 bits per heavy atom. The van der Waals surface area contributed by atoms with Gasteiger partial charge in [-0.25, -0.2) is 0 Å². The lowest BCUT2D eigenvalue weighted by molar-refractivity contribution is 0.322. The van der Waals surface area contributed by atoms with Gasteiger partial charge in [0, 0.05) is 36.6 Å². The Balaban J connectivity index is 2.05. The van der Waals surface area contributed by atoms with Crippen molar-refractivity contribution in [2.45, 2.75) is 65.2 Å². The molecule has 0 radical (unpaired) electrons. The maximum absolute atomic E-state index is 5.63. The van der Waals surface area contributed by atoms with Gasteiger partial charge in [0.2, 0.25) is 0 Å². The fourth-order valence-electron chi connectivity index (χ4n) is 3.54. The summed E-state index contributed by atoms with van der Waals surface area (Å²) in [7, 11) is 0. The van der Waals surface area contributed by atoms with E-state index in [-0.39, 0.29) is 0 Å². The quantitative estimate of drug-likeness (QED) is 0.294. The number of hydrogen-bond acceptors (Lipinski definition) is 3. The number of nitrogens with zero attached hydrogens (tertiary/aromatic N) is 2. The SMILES string of the molecule is CCCCCCN1CCN(CCCCCC)C1=C1C=CC=CC1=S. The Morgan fingerprint density at radius 2 is 1.33 bits per heavy atom. The lowest BCUT2D eigenvalue weighted by Gasteiger charge is -2.28.